The molecule has 1 aliphatic carbocycles. The van der Waals surface area contributed by atoms with Gasteiger partial charge in [0, 0.05) is 11.6 Å². The van der Waals surface area contributed by atoms with Crippen molar-refractivity contribution in [3.63, 3.8) is 0 Å². The molecule has 0 atom stereocenters. The van der Waals surface area contributed by atoms with Gasteiger partial charge < -0.3 is 10.6 Å². The van der Waals surface area contributed by atoms with Crippen molar-refractivity contribution in [3.05, 3.63) is 46.7 Å². The largest absolute Gasteiger partial charge is 0.352 e. The number of tetrazole rings is 1. The second-order valence-electron chi connectivity index (χ2n) is 6.67. The monoisotopic (exact) mass is 396 g/mol. The number of nitrogens with zero attached hydrogens (tertiary/aromatic N) is 4. The first-order valence-corrected chi connectivity index (χ1v) is 10.1. The summed E-state index contributed by atoms with van der Waals surface area (Å²) in [5.74, 6) is 0.0525. The van der Waals surface area contributed by atoms with Crippen LogP contribution in [-0.2, 0) is 11.3 Å². The molecular weight excluding hydrogens is 376 g/mol. The smallest absolute Gasteiger partial charge is 0.265 e. The van der Waals surface area contributed by atoms with Gasteiger partial charge in [-0.2, -0.15) is 4.80 Å². The highest BCUT2D eigenvalue weighted by molar-refractivity contribution is 7.12. The molecule has 2 aromatic heterocycles. The Balaban J connectivity index is 1.46. The number of para-hydroxylation sites is 1. The fourth-order valence-electron chi connectivity index (χ4n) is 3.27. The average molecular weight is 396 g/mol. The summed E-state index contributed by atoms with van der Waals surface area (Å²) in [6, 6.07) is 11.1. The molecule has 1 fully saturated rings. The van der Waals surface area contributed by atoms with Crippen LogP contribution in [0.2, 0.25) is 0 Å². The Hall–Kier alpha value is -3.07. The fourth-order valence-corrected chi connectivity index (χ4v) is 3.89. The van der Waals surface area contributed by atoms with Crippen molar-refractivity contribution in [1.29, 1.82) is 0 Å². The van der Waals surface area contributed by atoms with Crippen LogP contribution in [0.5, 0.6) is 0 Å². The van der Waals surface area contributed by atoms with Gasteiger partial charge in [-0.15, -0.1) is 21.5 Å². The number of carbonyl (C=O) groups is 2. The molecule has 0 spiro atoms. The van der Waals surface area contributed by atoms with Crippen molar-refractivity contribution in [1.82, 2.24) is 25.5 Å². The Morgan fingerprint density at radius 1 is 1.14 bits per heavy atom. The van der Waals surface area contributed by atoms with Crippen LogP contribution in [0, 0.1) is 0 Å². The summed E-state index contributed by atoms with van der Waals surface area (Å²) in [5.41, 5.74) is 1.24. The highest BCUT2D eigenvalue weighted by atomic mass is 32.1. The first-order valence-electron chi connectivity index (χ1n) is 9.20. The van der Waals surface area contributed by atoms with E-state index in [4.69, 9.17) is 0 Å². The molecule has 8 nitrogen and oxygen atoms in total. The second kappa shape index (κ2) is 8.30. The maximum Gasteiger partial charge on any atom is 0.265 e. The first-order chi connectivity index (χ1) is 13.7. The summed E-state index contributed by atoms with van der Waals surface area (Å²) >= 11 is 1.37. The molecule has 2 heterocycles. The summed E-state index contributed by atoms with van der Waals surface area (Å²) < 4.78 is 0. The van der Waals surface area contributed by atoms with Gasteiger partial charge >= 0.3 is 0 Å². The Bertz CT molecular complexity index is 962. The number of rotatable bonds is 6. The number of nitrogens with one attached hydrogen (secondary N) is 2. The van der Waals surface area contributed by atoms with Gasteiger partial charge in [-0.3, -0.25) is 9.59 Å². The molecule has 28 heavy (non-hydrogen) atoms. The molecule has 0 aliphatic heterocycles. The zero-order chi connectivity index (χ0) is 19.3. The third kappa shape index (κ3) is 4.25. The number of benzene rings is 1. The van der Waals surface area contributed by atoms with E-state index >= 15 is 0 Å². The van der Waals surface area contributed by atoms with Crippen LogP contribution in [0.3, 0.4) is 0 Å². The van der Waals surface area contributed by atoms with Crippen molar-refractivity contribution in [2.75, 3.05) is 5.32 Å². The lowest BCUT2D eigenvalue weighted by atomic mass is 10.1. The van der Waals surface area contributed by atoms with Crippen molar-refractivity contribution in [3.8, 4) is 11.4 Å². The molecule has 1 aliphatic rings. The fraction of sp³-hybridized carbons (Fsp3) is 0.316. The molecule has 0 saturated heterocycles. The number of aromatic nitrogens is 4. The molecular formula is C19H20N6O2S. The van der Waals surface area contributed by atoms with E-state index < -0.39 is 0 Å². The number of thiophene rings is 1. The van der Waals surface area contributed by atoms with E-state index in [2.05, 4.69) is 26.0 Å². The third-order valence-corrected chi connectivity index (χ3v) is 5.49. The molecule has 1 saturated carbocycles. The zero-order valence-electron chi connectivity index (χ0n) is 15.2. The van der Waals surface area contributed by atoms with E-state index in [9.17, 15) is 9.59 Å². The van der Waals surface area contributed by atoms with Gasteiger partial charge in [0.25, 0.3) is 5.91 Å². The average Bonchev–Trinajstić information content (AvgIpc) is 3.45. The van der Waals surface area contributed by atoms with Crippen molar-refractivity contribution < 1.29 is 9.59 Å². The minimum atomic E-state index is -0.189. The predicted molar refractivity (Wildman–Crippen MR) is 106 cm³/mol. The lowest BCUT2D eigenvalue weighted by Gasteiger charge is -2.10. The van der Waals surface area contributed by atoms with Crippen LogP contribution in [0.1, 0.15) is 35.4 Å². The van der Waals surface area contributed by atoms with E-state index in [1.54, 1.807) is 12.1 Å². The Morgan fingerprint density at radius 2 is 1.96 bits per heavy atom. The number of hydrogen-bond donors (Lipinski definition) is 2. The maximum absolute atomic E-state index is 12.4. The van der Waals surface area contributed by atoms with Crippen molar-refractivity contribution >= 4 is 28.8 Å². The van der Waals surface area contributed by atoms with Gasteiger partial charge in [0.15, 0.2) is 0 Å². The van der Waals surface area contributed by atoms with Gasteiger partial charge in [-0.1, -0.05) is 31.0 Å². The van der Waals surface area contributed by atoms with E-state index in [1.165, 1.54) is 16.1 Å². The van der Waals surface area contributed by atoms with Gasteiger partial charge in [0.05, 0.1) is 10.6 Å². The molecule has 0 bridgehead atoms. The Kier molecular flexibility index (Phi) is 5.43. The normalized spacial score (nSPS) is 14.1. The summed E-state index contributed by atoms with van der Waals surface area (Å²) in [6.07, 6.45) is 4.37. The molecule has 1 aromatic carbocycles. The molecule has 0 unspecified atom stereocenters. The summed E-state index contributed by atoms with van der Waals surface area (Å²) in [7, 11) is 0. The number of carbonyl (C=O) groups excluding carboxylic acids is 2. The SMILES string of the molecule is O=C(Cn1nnc(-c2ccccc2NC(=O)c2cccs2)n1)NC1CCCC1. The van der Waals surface area contributed by atoms with Gasteiger partial charge in [-0.25, -0.2) is 0 Å². The van der Waals surface area contributed by atoms with Crippen LogP contribution in [0.4, 0.5) is 5.69 Å². The van der Waals surface area contributed by atoms with Crippen molar-refractivity contribution in [2.24, 2.45) is 0 Å². The van der Waals surface area contributed by atoms with E-state index in [0.29, 0.717) is 22.0 Å². The first kappa shape index (κ1) is 18.3. The van der Waals surface area contributed by atoms with E-state index in [0.717, 1.165) is 25.7 Å². The summed E-state index contributed by atoms with van der Waals surface area (Å²) in [6.45, 7) is 0.0211. The molecule has 3 aromatic rings. The number of hydrogen-bond acceptors (Lipinski definition) is 6. The highest BCUT2D eigenvalue weighted by Gasteiger charge is 2.19. The topological polar surface area (TPSA) is 102 Å². The summed E-state index contributed by atoms with van der Waals surface area (Å²) in [5, 5.41) is 20.1. The quantitative estimate of drug-likeness (QED) is 0.667. The maximum atomic E-state index is 12.4. The van der Waals surface area contributed by atoms with Gasteiger partial charge in [0.1, 0.15) is 6.54 Å². The third-order valence-electron chi connectivity index (χ3n) is 4.62. The highest BCUT2D eigenvalue weighted by Crippen LogP contribution is 2.25. The van der Waals surface area contributed by atoms with Crippen LogP contribution in [0.15, 0.2) is 41.8 Å². The standard InChI is InChI=1S/C19H20N6O2S/c26-17(20-13-6-1-2-7-13)12-25-23-18(22-24-25)14-8-3-4-9-15(14)21-19(27)16-10-5-11-28-16/h3-5,8-11,13H,1-2,6-7,12H2,(H,20,26)(H,21,27). The van der Waals surface area contributed by atoms with Crippen LogP contribution < -0.4 is 10.6 Å². The van der Waals surface area contributed by atoms with Gasteiger partial charge in [-0.05, 0) is 41.6 Å². The minimum Gasteiger partial charge on any atom is -0.352 e. The van der Waals surface area contributed by atoms with Gasteiger partial charge in [0.2, 0.25) is 11.7 Å². The zero-order valence-corrected chi connectivity index (χ0v) is 16.0. The molecule has 2 amide bonds. The second-order valence-corrected chi connectivity index (χ2v) is 7.62. The number of anilines is 1. The molecule has 144 valence electrons. The molecule has 2 N–H and O–H groups in total. The van der Waals surface area contributed by atoms with Crippen molar-refractivity contribution in [2.45, 2.75) is 38.3 Å². The summed E-state index contributed by atoms with van der Waals surface area (Å²) in [4.78, 5) is 26.4. The van der Waals surface area contributed by atoms with Crippen LogP contribution >= 0.6 is 11.3 Å². The Morgan fingerprint density at radius 3 is 2.75 bits per heavy atom. The van der Waals surface area contributed by atoms with E-state index in [1.807, 2.05) is 29.6 Å². The molecule has 4 rings (SSSR count). The lowest BCUT2D eigenvalue weighted by Crippen LogP contribution is -2.35. The predicted octanol–water partition coefficient (Wildman–Crippen LogP) is 2.71. The number of amides is 2. The van der Waals surface area contributed by atoms with E-state index in [-0.39, 0.29) is 24.4 Å². The molecule has 0 radical (unpaired) electrons. The van der Waals surface area contributed by atoms with Crippen LogP contribution in [0.25, 0.3) is 11.4 Å². The van der Waals surface area contributed by atoms with Crippen LogP contribution in [-0.4, -0.2) is 38.1 Å². The Labute approximate surface area is 166 Å². The minimum absolute atomic E-state index is 0.0211. The lowest BCUT2D eigenvalue weighted by molar-refractivity contribution is -0.122. The molecule has 9 heteroatoms.